The number of nitrogens with zero attached hydrogens (tertiary/aromatic N) is 1. The van der Waals surface area contributed by atoms with E-state index in [1.165, 1.54) is 13.8 Å². The molecule has 0 aromatic rings. The third kappa shape index (κ3) is 14.0. The molecule has 2 aliphatic heterocycles. The van der Waals surface area contributed by atoms with Crippen LogP contribution >= 0.6 is 0 Å². The zero-order valence-electron chi connectivity index (χ0n) is 31.5. The molecule has 1 amide bonds. The van der Waals surface area contributed by atoms with Crippen molar-refractivity contribution < 1.29 is 48.3 Å². The van der Waals surface area contributed by atoms with Crippen molar-refractivity contribution in [1.29, 1.82) is 0 Å². The first-order valence-corrected chi connectivity index (χ1v) is 18.0. The number of nitrogens with one attached hydrogen (secondary N) is 1. The fourth-order valence-electron chi connectivity index (χ4n) is 6.35. The second-order valence-electron chi connectivity index (χ2n) is 14.4. The van der Waals surface area contributed by atoms with Gasteiger partial charge in [0.1, 0.15) is 24.4 Å². The number of epoxide rings is 1. The highest BCUT2D eigenvalue weighted by molar-refractivity contribution is 5.70. The minimum Gasteiger partial charge on any atom is -0.460 e. The Morgan fingerprint density at radius 3 is 2.35 bits per heavy atom. The molecule has 10 atom stereocenters. The summed E-state index contributed by atoms with van der Waals surface area (Å²) in [7, 11) is 1.71. The average molecular weight is 697 g/mol. The van der Waals surface area contributed by atoms with E-state index >= 15 is 0 Å². The zero-order chi connectivity index (χ0) is 36.9. The van der Waals surface area contributed by atoms with Crippen LogP contribution in [-0.4, -0.2) is 115 Å². The van der Waals surface area contributed by atoms with Crippen molar-refractivity contribution in [1.82, 2.24) is 10.2 Å². The number of carbonyl (C=O) groups is 3. The Morgan fingerprint density at radius 1 is 1.04 bits per heavy atom. The summed E-state index contributed by atoms with van der Waals surface area (Å²) in [6.45, 7) is 19.2. The summed E-state index contributed by atoms with van der Waals surface area (Å²) in [6.07, 6.45) is 4.10. The van der Waals surface area contributed by atoms with Gasteiger partial charge in [-0.1, -0.05) is 52.8 Å². The van der Waals surface area contributed by atoms with Crippen molar-refractivity contribution in [3.8, 4) is 0 Å². The Labute approximate surface area is 293 Å². The van der Waals surface area contributed by atoms with Crippen molar-refractivity contribution in [2.45, 2.75) is 143 Å². The van der Waals surface area contributed by atoms with Gasteiger partial charge in [0.2, 0.25) is 0 Å². The molecule has 0 bridgehead atoms. The van der Waals surface area contributed by atoms with Crippen LogP contribution < -0.4 is 5.32 Å². The van der Waals surface area contributed by atoms with Crippen LogP contribution in [-0.2, 0) is 33.3 Å². The predicted molar refractivity (Wildman–Crippen MR) is 187 cm³/mol. The molecule has 0 spiro atoms. The summed E-state index contributed by atoms with van der Waals surface area (Å²) in [6, 6.07) is 0. The molecule has 2 fully saturated rings. The maximum Gasteiger partial charge on any atom is 0.410 e. The molecule has 0 saturated carbocycles. The smallest absolute Gasteiger partial charge is 0.410 e. The predicted octanol–water partition coefficient (Wildman–Crippen LogP) is 4.56. The lowest BCUT2D eigenvalue weighted by atomic mass is 9.91. The topological polar surface area (TPSA) is 156 Å². The van der Waals surface area contributed by atoms with Crippen LogP contribution in [0.1, 0.15) is 94.4 Å². The van der Waals surface area contributed by atoms with Crippen LogP contribution in [0.25, 0.3) is 0 Å². The van der Waals surface area contributed by atoms with Gasteiger partial charge in [-0.05, 0) is 64.5 Å². The van der Waals surface area contributed by atoms with Gasteiger partial charge in [-0.3, -0.25) is 9.59 Å². The Hall–Kier alpha value is -2.51. The number of methoxy groups -OCH3 is 1. The van der Waals surface area contributed by atoms with Crippen molar-refractivity contribution in [2.24, 2.45) is 17.8 Å². The van der Waals surface area contributed by atoms with Crippen LogP contribution in [0.5, 0.6) is 0 Å². The first-order chi connectivity index (χ1) is 23.0. The number of allylic oxidation sites excluding steroid dienone is 2. The highest BCUT2D eigenvalue weighted by atomic mass is 16.6. The number of carbonyl (C=O) groups excluding carboxylic acids is 3. The van der Waals surface area contributed by atoms with Crippen LogP contribution in [0.15, 0.2) is 23.8 Å². The lowest BCUT2D eigenvalue weighted by molar-refractivity contribution is -0.160. The van der Waals surface area contributed by atoms with Gasteiger partial charge in [-0.25, -0.2) is 4.79 Å². The average Bonchev–Trinajstić information content (AvgIpc) is 3.86. The Balaban J connectivity index is 2.07. The molecule has 0 aliphatic carbocycles. The first-order valence-electron chi connectivity index (χ1n) is 18.0. The van der Waals surface area contributed by atoms with Gasteiger partial charge in [0.15, 0.2) is 0 Å². The molecule has 12 heteroatoms. The van der Waals surface area contributed by atoms with Crippen molar-refractivity contribution in [3.63, 3.8) is 0 Å². The fraction of sp³-hybridized carbons (Fsp3) is 0.811. The van der Waals surface area contributed by atoms with E-state index in [9.17, 15) is 24.6 Å². The number of hydrogen-bond donors (Lipinski definition) is 3. The van der Waals surface area contributed by atoms with Gasteiger partial charge >= 0.3 is 18.0 Å². The van der Waals surface area contributed by atoms with E-state index in [2.05, 4.69) is 19.2 Å². The molecule has 2 saturated heterocycles. The highest BCUT2D eigenvalue weighted by Gasteiger charge is 2.52. The van der Waals surface area contributed by atoms with Gasteiger partial charge in [0, 0.05) is 45.5 Å². The van der Waals surface area contributed by atoms with Crippen LogP contribution in [0.3, 0.4) is 0 Å². The van der Waals surface area contributed by atoms with E-state index in [0.29, 0.717) is 13.1 Å². The van der Waals surface area contributed by atoms with Gasteiger partial charge in [0.25, 0.3) is 0 Å². The lowest BCUT2D eigenvalue weighted by Gasteiger charge is -2.30. The Bertz CT molecular complexity index is 1100. The number of amides is 1. The standard InChI is InChI=1S/C37H64N2O10/c1-11-30(45-10)26(6)34-35(48-34)33(49-36(43)39-20-13-18-38-19-21-39)25(5)15-12-14-24(4)32(23(2)3)47-31(42)22-29(41)16-17-37(9,44)27(7)46-28(8)40/h12,14-15,23,25-27,29-30,32-35,38,41,44H,11,13,16-22H2,1-10H3/b15-12+,24-14+. The molecule has 282 valence electrons. The fourth-order valence-corrected chi connectivity index (χ4v) is 6.35. The molecule has 3 N–H and O–H groups in total. The van der Waals surface area contributed by atoms with Gasteiger partial charge in [-0.2, -0.15) is 0 Å². The number of ether oxygens (including phenoxy) is 5. The van der Waals surface area contributed by atoms with E-state index in [1.807, 2.05) is 45.9 Å². The minimum absolute atomic E-state index is 0.0281. The molecule has 0 radical (unpaired) electrons. The highest BCUT2D eigenvalue weighted by Crippen LogP contribution is 2.39. The van der Waals surface area contributed by atoms with Crippen molar-refractivity contribution in [3.05, 3.63) is 23.8 Å². The van der Waals surface area contributed by atoms with Crippen LogP contribution in [0.2, 0.25) is 0 Å². The second-order valence-corrected chi connectivity index (χ2v) is 14.4. The van der Waals surface area contributed by atoms with Crippen molar-refractivity contribution >= 4 is 18.0 Å². The Kier molecular flexibility index (Phi) is 17.7. The number of hydrogen-bond acceptors (Lipinski definition) is 11. The van der Waals surface area contributed by atoms with E-state index in [-0.39, 0.29) is 61.4 Å². The molecule has 2 aliphatic rings. The third-order valence-corrected chi connectivity index (χ3v) is 9.74. The quantitative estimate of drug-likeness (QED) is 0.0754. The summed E-state index contributed by atoms with van der Waals surface area (Å²) in [5.74, 6) is -1.11. The summed E-state index contributed by atoms with van der Waals surface area (Å²) in [4.78, 5) is 39.1. The van der Waals surface area contributed by atoms with Gasteiger partial charge in [0.05, 0.1) is 30.3 Å². The Morgan fingerprint density at radius 2 is 1.73 bits per heavy atom. The molecular formula is C37H64N2O10. The van der Waals surface area contributed by atoms with Crippen LogP contribution in [0, 0.1) is 17.8 Å². The molecule has 49 heavy (non-hydrogen) atoms. The molecule has 12 nitrogen and oxygen atoms in total. The molecule has 2 heterocycles. The number of aliphatic hydroxyl groups is 2. The summed E-state index contributed by atoms with van der Waals surface area (Å²) >= 11 is 0. The second kappa shape index (κ2) is 20.4. The molecule has 0 aromatic heterocycles. The summed E-state index contributed by atoms with van der Waals surface area (Å²) < 4.78 is 28.8. The molecule has 2 rings (SSSR count). The largest absolute Gasteiger partial charge is 0.460 e. The molecular weight excluding hydrogens is 632 g/mol. The monoisotopic (exact) mass is 696 g/mol. The number of rotatable bonds is 19. The number of aliphatic hydroxyl groups excluding tert-OH is 1. The summed E-state index contributed by atoms with van der Waals surface area (Å²) in [5, 5.41) is 24.5. The van der Waals surface area contributed by atoms with E-state index < -0.39 is 42.0 Å². The first kappa shape index (κ1) is 42.7. The van der Waals surface area contributed by atoms with E-state index in [4.69, 9.17) is 23.7 Å². The summed E-state index contributed by atoms with van der Waals surface area (Å²) in [5.41, 5.74) is -0.529. The maximum atomic E-state index is 13.3. The normalized spacial score (nSPS) is 24.2. The van der Waals surface area contributed by atoms with Gasteiger partial charge < -0.3 is 44.1 Å². The lowest BCUT2D eigenvalue weighted by Crippen LogP contribution is -2.40. The minimum atomic E-state index is -1.35. The van der Waals surface area contributed by atoms with E-state index in [0.717, 1.165) is 31.5 Å². The molecule has 10 unspecified atom stereocenters. The third-order valence-electron chi connectivity index (χ3n) is 9.74. The van der Waals surface area contributed by atoms with Crippen LogP contribution in [0.4, 0.5) is 4.79 Å². The molecule has 0 aromatic carbocycles. The zero-order valence-corrected chi connectivity index (χ0v) is 31.5. The number of esters is 2. The van der Waals surface area contributed by atoms with E-state index in [1.54, 1.807) is 18.9 Å². The SMILES string of the molecule is CCC(OC)C(C)C1OC1C(OC(=O)N1CCCNCC1)C(C)/C=C/C=C(\C)C(OC(=O)CC(O)CCC(C)(O)C(C)OC(C)=O)C(C)C. The maximum absolute atomic E-state index is 13.3. The van der Waals surface area contributed by atoms with Crippen molar-refractivity contribution in [2.75, 3.05) is 33.3 Å². The van der Waals surface area contributed by atoms with Gasteiger partial charge in [-0.15, -0.1) is 0 Å².